The fourth-order valence-corrected chi connectivity index (χ4v) is 3.96. The van der Waals surface area contributed by atoms with E-state index in [9.17, 15) is 9.18 Å². The highest BCUT2D eigenvalue weighted by atomic mass is 19.1. The molecule has 1 aromatic heterocycles. The van der Waals surface area contributed by atoms with E-state index < -0.39 is 0 Å². The van der Waals surface area contributed by atoms with E-state index in [1.165, 1.54) is 12.1 Å². The number of aromatic nitrogens is 1. The third-order valence-corrected chi connectivity index (χ3v) is 5.09. The summed E-state index contributed by atoms with van der Waals surface area (Å²) in [5, 5.41) is 0. The summed E-state index contributed by atoms with van der Waals surface area (Å²) in [7, 11) is 0. The molecule has 2 heterocycles. The Morgan fingerprint density at radius 3 is 2.79 bits per heavy atom. The van der Waals surface area contributed by atoms with Gasteiger partial charge in [0.1, 0.15) is 23.9 Å². The molecule has 1 saturated carbocycles. The molecule has 5 heteroatoms. The Morgan fingerprint density at radius 2 is 2.04 bits per heavy atom. The van der Waals surface area contributed by atoms with E-state index >= 15 is 0 Å². The monoisotopic (exact) mass is 326 g/mol. The first kappa shape index (κ1) is 15.1. The first-order valence-corrected chi connectivity index (χ1v) is 8.34. The van der Waals surface area contributed by atoms with Crippen molar-refractivity contribution in [3.63, 3.8) is 0 Å². The molecule has 1 aliphatic carbocycles. The van der Waals surface area contributed by atoms with Crippen molar-refractivity contribution in [1.82, 2.24) is 9.88 Å². The molecule has 0 spiro atoms. The van der Waals surface area contributed by atoms with Crippen LogP contribution in [-0.4, -0.2) is 34.5 Å². The van der Waals surface area contributed by atoms with Gasteiger partial charge in [0.25, 0.3) is 5.91 Å². The van der Waals surface area contributed by atoms with E-state index in [2.05, 4.69) is 4.98 Å². The summed E-state index contributed by atoms with van der Waals surface area (Å²) in [6, 6.07) is 11.7. The number of hydrogen-bond acceptors (Lipinski definition) is 3. The number of fused-ring (bicyclic) bond motifs is 2. The van der Waals surface area contributed by atoms with Crippen LogP contribution in [0.5, 0.6) is 5.75 Å². The van der Waals surface area contributed by atoms with Gasteiger partial charge in [0.05, 0.1) is 6.04 Å². The summed E-state index contributed by atoms with van der Waals surface area (Å²) in [5.74, 6) is 0.803. The molecule has 3 atom stereocenters. The minimum atomic E-state index is -0.283. The van der Waals surface area contributed by atoms with Gasteiger partial charge < -0.3 is 9.64 Å². The molecule has 1 saturated heterocycles. The standard InChI is InChI=1S/C19H19FN2O2/c20-14-5-8-16(9-6-14)24-12-18-13-4-7-15(11-13)22(18)19(23)17-3-1-2-10-21-17/h1-3,5-6,8-10,13,15,18H,4,7,11-12H2/t13-,15+,18+/m0/s1. The SMILES string of the molecule is O=C(c1ccccn1)N1[C@@H]2CC[C@@H](C2)[C@H]1COc1ccc(F)cc1. The molecule has 2 fully saturated rings. The van der Waals surface area contributed by atoms with Crippen LogP contribution in [0.25, 0.3) is 0 Å². The van der Waals surface area contributed by atoms with Crippen LogP contribution in [-0.2, 0) is 0 Å². The molecule has 2 bridgehead atoms. The molecule has 0 radical (unpaired) electrons. The maximum absolute atomic E-state index is 13.0. The van der Waals surface area contributed by atoms with E-state index in [4.69, 9.17) is 4.74 Å². The van der Waals surface area contributed by atoms with Crippen molar-refractivity contribution >= 4 is 5.91 Å². The quantitative estimate of drug-likeness (QED) is 0.866. The minimum Gasteiger partial charge on any atom is -0.491 e. The molecule has 1 aromatic carbocycles. The predicted molar refractivity (Wildman–Crippen MR) is 87.2 cm³/mol. The van der Waals surface area contributed by atoms with Crippen LogP contribution in [0.4, 0.5) is 4.39 Å². The zero-order chi connectivity index (χ0) is 16.5. The highest BCUT2D eigenvalue weighted by Gasteiger charge is 2.48. The molecule has 0 unspecified atom stereocenters. The number of nitrogens with zero attached hydrogens (tertiary/aromatic N) is 2. The molecule has 4 nitrogen and oxygen atoms in total. The fraction of sp³-hybridized carbons (Fsp3) is 0.368. The molecule has 1 aliphatic heterocycles. The first-order chi connectivity index (χ1) is 11.7. The summed E-state index contributed by atoms with van der Waals surface area (Å²) < 4.78 is 18.8. The molecule has 0 N–H and O–H groups in total. The number of ether oxygens (including phenoxy) is 1. The van der Waals surface area contributed by atoms with Gasteiger partial charge in [-0.1, -0.05) is 6.07 Å². The smallest absolute Gasteiger partial charge is 0.273 e. The molecule has 4 rings (SSSR count). The second kappa shape index (κ2) is 6.23. The number of carbonyl (C=O) groups is 1. The van der Waals surface area contributed by atoms with E-state index in [1.54, 1.807) is 24.4 Å². The number of halogens is 1. The predicted octanol–water partition coefficient (Wildman–Crippen LogP) is 3.29. The van der Waals surface area contributed by atoms with Gasteiger partial charge in [0.15, 0.2) is 0 Å². The Balaban J connectivity index is 1.50. The van der Waals surface area contributed by atoms with Crippen LogP contribution in [0.15, 0.2) is 48.7 Å². The lowest BCUT2D eigenvalue weighted by molar-refractivity contribution is 0.0500. The van der Waals surface area contributed by atoms with Crippen LogP contribution >= 0.6 is 0 Å². The number of likely N-dealkylation sites (tertiary alicyclic amines) is 1. The normalized spacial score (nSPS) is 25.0. The largest absolute Gasteiger partial charge is 0.491 e. The van der Waals surface area contributed by atoms with Gasteiger partial charge in [0.2, 0.25) is 0 Å². The summed E-state index contributed by atoms with van der Waals surface area (Å²) in [6.45, 7) is 0.436. The summed E-state index contributed by atoms with van der Waals surface area (Å²) in [5.41, 5.74) is 0.483. The molecule has 2 aliphatic rings. The third-order valence-electron chi connectivity index (χ3n) is 5.09. The van der Waals surface area contributed by atoms with Crippen molar-refractivity contribution in [2.45, 2.75) is 31.3 Å². The molecule has 2 aromatic rings. The van der Waals surface area contributed by atoms with Crippen LogP contribution in [0.1, 0.15) is 29.8 Å². The van der Waals surface area contributed by atoms with E-state index in [-0.39, 0.29) is 23.8 Å². The van der Waals surface area contributed by atoms with Crippen LogP contribution in [0, 0.1) is 11.7 Å². The number of amides is 1. The van der Waals surface area contributed by atoms with Gasteiger partial charge in [-0.05, 0) is 61.6 Å². The highest BCUT2D eigenvalue weighted by Crippen LogP contribution is 2.43. The number of pyridine rings is 1. The van der Waals surface area contributed by atoms with Gasteiger partial charge in [0, 0.05) is 12.2 Å². The molecule has 24 heavy (non-hydrogen) atoms. The maximum Gasteiger partial charge on any atom is 0.273 e. The van der Waals surface area contributed by atoms with Gasteiger partial charge >= 0.3 is 0 Å². The molecular weight excluding hydrogens is 307 g/mol. The summed E-state index contributed by atoms with van der Waals surface area (Å²) >= 11 is 0. The zero-order valence-electron chi connectivity index (χ0n) is 13.3. The average molecular weight is 326 g/mol. The fourth-order valence-electron chi connectivity index (χ4n) is 3.96. The summed E-state index contributed by atoms with van der Waals surface area (Å²) in [4.78, 5) is 19.0. The van der Waals surface area contributed by atoms with Crippen molar-refractivity contribution in [2.75, 3.05) is 6.61 Å². The van der Waals surface area contributed by atoms with E-state index in [1.807, 2.05) is 17.0 Å². The Hall–Kier alpha value is -2.43. The van der Waals surface area contributed by atoms with Gasteiger partial charge in [-0.15, -0.1) is 0 Å². The maximum atomic E-state index is 13.0. The zero-order valence-corrected chi connectivity index (χ0v) is 13.3. The van der Waals surface area contributed by atoms with Gasteiger partial charge in [-0.2, -0.15) is 0 Å². The van der Waals surface area contributed by atoms with Crippen LogP contribution in [0.2, 0.25) is 0 Å². The lowest BCUT2D eigenvalue weighted by atomic mass is 9.99. The Bertz CT molecular complexity index is 720. The highest BCUT2D eigenvalue weighted by molar-refractivity contribution is 5.93. The Morgan fingerprint density at radius 1 is 1.21 bits per heavy atom. The topological polar surface area (TPSA) is 42.4 Å². The van der Waals surface area contributed by atoms with Crippen molar-refractivity contribution in [2.24, 2.45) is 5.92 Å². The lowest BCUT2D eigenvalue weighted by Crippen LogP contribution is -2.48. The van der Waals surface area contributed by atoms with Crippen molar-refractivity contribution in [1.29, 1.82) is 0 Å². The third kappa shape index (κ3) is 2.75. The van der Waals surface area contributed by atoms with E-state index in [0.29, 0.717) is 24.0 Å². The van der Waals surface area contributed by atoms with Crippen molar-refractivity contribution in [3.05, 3.63) is 60.2 Å². The number of carbonyl (C=O) groups excluding carboxylic acids is 1. The second-order valence-corrected chi connectivity index (χ2v) is 6.49. The van der Waals surface area contributed by atoms with Crippen LogP contribution in [0.3, 0.4) is 0 Å². The van der Waals surface area contributed by atoms with Gasteiger partial charge in [-0.25, -0.2) is 4.39 Å². The number of piperidine rings is 1. The lowest BCUT2D eigenvalue weighted by Gasteiger charge is -2.35. The summed E-state index contributed by atoms with van der Waals surface area (Å²) in [6.07, 6.45) is 4.87. The molecule has 1 amide bonds. The first-order valence-electron chi connectivity index (χ1n) is 8.34. The second-order valence-electron chi connectivity index (χ2n) is 6.49. The Labute approximate surface area is 140 Å². The van der Waals surface area contributed by atoms with Crippen molar-refractivity contribution < 1.29 is 13.9 Å². The number of benzene rings is 1. The van der Waals surface area contributed by atoms with Gasteiger partial charge in [-0.3, -0.25) is 9.78 Å². The Kier molecular flexibility index (Phi) is 3.92. The minimum absolute atomic E-state index is 0.0180. The van der Waals surface area contributed by atoms with Crippen molar-refractivity contribution in [3.8, 4) is 5.75 Å². The number of hydrogen-bond donors (Lipinski definition) is 0. The molecule has 124 valence electrons. The van der Waals surface area contributed by atoms with E-state index in [0.717, 1.165) is 19.3 Å². The van der Waals surface area contributed by atoms with Crippen LogP contribution < -0.4 is 4.74 Å². The molecular formula is C19H19FN2O2. The average Bonchev–Trinajstić information content (AvgIpc) is 3.23. The number of rotatable bonds is 4.